The zero-order chi connectivity index (χ0) is 17.1. The van der Waals surface area contributed by atoms with Crippen LogP contribution in [0.25, 0.3) is 11.1 Å². The highest BCUT2D eigenvalue weighted by Gasteiger charge is 2.27. The summed E-state index contributed by atoms with van der Waals surface area (Å²) >= 11 is 0. The Hall–Kier alpha value is -2.40. The molecule has 1 fully saturated rings. The summed E-state index contributed by atoms with van der Waals surface area (Å²) < 4.78 is 18.8. The fourth-order valence-electron chi connectivity index (χ4n) is 2.96. The Bertz CT molecular complexity index is 718. The van der Waals surface area contributed by atoms with Crippen LogP contribution in [0.3, 0.4) is 0 Å². The molecule has 3 rings (SSSR count). The van der Waals surface area contributed by atoms with Gasteiger partial charge >= 0.3 is 6.09 Å². The third kappa shape index (κ3) is 3.41. The molecule has 1 heterocycles. The van der Waals surface area contributed by atoms with Gasteiger partial charge in [0.05, 0.1) is 5.69 Å². The number of nitrogens with zero attached hydrogens (tertiary/aromatic N) is 2. The van der Waals surface area contributed by atoms with E-state index in [2.05, 4.69) is 0 Å². The monoisotopic (exact) mass is 328 g/mol. The number of anilines is 1. The third-order valence-electron chi connectivity index (χ3n) is 4.38. The van der Waals surface area contributed by atoms with Gasteiger partial charge in [-0.2, -0.15) is 0 Å². The summed E-state index contributed by atoms with van der Waals surface area (Å²) in [6, 6.07) is 13.8. The van der Waals surface area contributed by atoms with E-state index < -0.39 is 0 Å². The molecule has 1 atom stereocenters. The molecule has 0 aromatic heterocycles. The molecule has 1 aliphatic rings. The fourth-order valence-corrected chi connectivity index (χ4v) is 2.96. The number of amides is 1. The molecular formula is C19H21FN2O2. The maximum Gasteiger partial charge on any atom is 0.415 e. The predicted octanol–water partition coefficient (Wildman–Crippen LogP) is 4.12. The Morgan fingerprint density at radius 1 is 1.21 bits per heavy atom. The van der Waals surface area contributed by atoms with E-state index in [1.165, 1.54) is 17.0 Å². The maximum atomic E-state index is 13.2. The zero-order valence-electron chi connectivity index (χ0n) is 13.9. The number of hydrogen-bond acceptors (Lipinski definition) is 3. The molecule has 126 valence electrons. The summed E-state index contributed by atoms with van der Waals surface area (Å²) in [4.78, 5) is 16.0. The first kappa shape index (κ1) is 16.5. The Morgan fingerprint density at radius 3 is 2.58 bits per heavy atom. The quantitative estimate of drug-likeness (QED) is 0.850. The Labute approximate surface area is 141 Å². The number of para-hydroxylation sites is 1. The maximum absolute atomic E-state index is 13.2. The third-order valence-corrected chi connectivity index (χ3v) is 4.38. The first-order chi connectivity index (χ1) is 11.6. The normalized spacial score (nSPS) is 17.7. The van der Waals surface area contributed by atoms with Crippen molar-refractivity contribution in [1.82, 2.24) is 4.90 Å². The van der Waals surface area contributed by atoms with Gasteiger partial charge in [-0.3, -0.25) is 9.80 Å². The van der Waals surface area contributed by atoms with Gasteiger partial charge in [0.2, 0.25) is 0 Å². The van der Waals surface area contributed by atoms with E-state index in [1.807, 2.05) is 36.2 Å². The Morgan fingerprint density at radius 2 is 1.92 bits per heavy atom. The SMILES string of the molecule is CN(C(=O)O[C@H]1CCCN1C)c1ccccc1-c1ccc(F)cc1. The fraction of sp³-hybridized carbons (Fsp3) is 0.316. The van der Waals surface area contributed by atoms with E-state index >= 15 is 0 Å². The summed E-state index contributed by atoms with van der Waals surface area (Å²) in [5, 5.41) is 0. The van der Waals surface area contributed by atoms with Gasteiger partial charge in [0, 0.05) is 19.2 Å². The van der Waals surface area contributed by atoms with Crippen LogP contribution >= 0.6 is 0 Å². The molecule has 1 amide bonds. The Kier molecular flexibility index (Phi) is 4.81. The summed E-state index contributed by atoms with van der Waals surface area (Å²) in [7, 11) is 3.65. The first-order valence-electron chi connectivity index (χ1n) is 8.06. The molecule has 2 aromatic carbocycles. The van der Waals surface area contributed by atoms with Crippen molar-refractivity contribution in [3.8, 4) is 11.1 Å². The van der Waals surface area contributed by atoms with Crippen LogP contribution in [0.4, 0.5) is 14.9 Å². The van der Waals surface area contributed by atoms with Crippen LogP contribution in [0.1, 0.15) is 12.8 Å². The summed E-state index contributed by atoms with van der Waals surface area (Å²) in [6.45, 7) is 0.938. The molecule has 1 saturated heterocycles. The number of rotatable bonds is 3. The first-order valence-corrected chi connectivity index (χ1v) is 8.06. The van der Waals surface area contributed by atoms with E-state index in [4.69, 9.17) is 4.74 Å². The summed E-state index contributed by atoms with van der Waals surface area (Å²) in [6.07, 6.45) is 1.33. The summed E-state index contributed by atoms with van der Waals surface area (Å²) in [5.74, 6) is -0.284. The number of hydrogen-bond donors (Lipinski definition) is 0. The largest absolute Gasteiger partial charge is 0.430 e. The van der Waals surface area contributed by atoms with E-state index in [-0.39, 0.29) is 18.1 Å². The van der Waals surface area contributed by atoms with E-state index in [1.54, 1.807) is 19.2 Å². The van der Waals surface area contributed by atoms with Crippen molar-refractivity contribution in [1.29, 1.82) is 0 Å². The standard InChI is InChI=1S/C19H21FN2O2/c1-21-13-5-8-18(21)24-19(23)22(2)17-7-4-3-6-16(17)14-9-11-15(20)12-10-14/h3-4,6-7,9-12,18H,5,8,13H2,1-2H3/t18-/m0/s1. The Balaban J connectivity index is 1.83. The lowest BCUT2D eigenvalue weighted by Gasteiger charge is -2.25. The molecule has 0 radical (unpaired) electrons. The second-order valence-electron chi connectivity index (χ2n) is 6.04. The van der Waals surface area contributed by atoms with Crippen LogP contribution in [0.5, 0.6) is 0 Å². The van der Waals surface area contributed by atoms with Gasteiger partial charge in [-0.05, 0) is 43.7 Å². The molecule has 2 aromatic rings. The van der Waals surface area contributed by atoms with Crippen molar-refractivity contribution in [2.75, 3.05) is 25.5 Å². The number of benzene rings is 2. The average Bonchev–Trinajstić information content (AvgIpc) is 3.00. The second-order valence-corrected chi connectivity index (χ2v) is 6.04. The lowest BCUT2D eigenvalue weighted by Crippen LogP contribution is -2.36. The lowest BCUT2D eigenvalue weighted by molar-refractivity contribution is 0.0315. The molecule has 5 heteroatoms. The van der Waals surface area contributed by atoms with E-state index in [9.17, 15) is 9.18 Å². The number of carbonyl (C=O) groups is 1. The lowest BCUT2D eigenvalue weighted by atomic mass is 10.0. The minimum atomic E-state index is -0.386. The molecule has 0 aliphatic carbocycles. The molecule has 0 bridgehead atoms. The minimum absolute atomic E-state index is 0.169. The van der Waals surface area contributed by atoms with Gasteiger partial charge in [0.25, 0.3) is 0 Å². The van der Waals surface area contributed by atoms with Crippen molar-refractivity contribution in [3.63, 3.8) is 0 Å². The molecule has 0 unspecified atom stereocenters. The molecule has 24 heavy (non-hydrogen) atoms. The minimum Gasteiger partial charge on any atom is -0.430 e. The van der Waals surface area contributed by atoms with Crippen molar-refractivity contribution in [2.45, 2.75) is 19.1 Å². The van der Waals surface area contributed by atoms with Gasteiger partial charge in [-0.1, -0.05) is 30.3 Å². The second kappa shape index (κ2) is 7.01. The van der Waals surface area contributed by atoms with Crippen LogP contribution in [-0.2, 0) is 4.74 Å². The predicted molar refractivity (Wildman–Crippen MR) is 92.4 cm³/mol. The summed E-state index contributed by atoms with van der Waals surface area (Å²) in [5.41, 5.74) is 2.44. The van der Waals surface area contributed by atoms with Crippen molar-refractivity contribution >= 4 is 11.8 Å². The van der Waals surface area contributed by atoms with Crippen molar-refractivity contribution in [3.05, 3.63) is 54.3 Å². The molecular weight excluding hydrogens is 307 g/mol. The highest BCUT2D eigenvalue weighted by atomic mass is 19.1. The van der Waals surface area contributed by atoms with Crippen LogP contribution < -0.4 is 4.90 Å². The molecule has 0 N–H and O–H groups in total. The average molecular weight is 328 g/mol. The highest BCUT2D eigenvalue weighted by Crippen LogP contribution is 2.31. The highest BCUT2D eigenvalue weighted by molar-refractivity contribution is 5.93. The zero-order valence-corrected chi connectivity index (χ0v) is 13.9. The van der Waals surface area contributed by atoms with Crippen LogP contribution in [0, 0.1) is 5.82 Å². The molecule has 4 nitrogen and oxygen atoms in total. The van der Waals surface area contributed by atoms with Crippen LogP contribution in [0.15, 0.2) is 48.5 Å². The van der Waals surface area contributed by atoms with Gasteiger partial charge in [0.15, 0.2) is 6.23 Å². The number of likely N-dealkylation sites (tertiary alicyclic amines) is 1. The number of halogens is 1. The van der Waals surface area contributed by atoms with Crippen LogP contribution in [0.2, 0.25) is 0 Å². The smallest absolute Gasteiger partial charge is 0.415 e. The molecule has 1 aliphatic heterocycles. The van der Waals surface area contributed by atoms with Crippen molar-refractivity contribution in [2.24, 2.45) is 0 Å². The van der Waals surface area contributed by atoms with Gasteiger partial charge < -0.3 is 4.74 Å². The van der Waals surface area contributed by atoms with E-state index in [0.717, 1.165) is 36.2 Å². The molecule has 0 saturated carbocycles. The van der Waals surface area contributed by atoms with Gasteiger partial charge in [0.1, 0.15) is 5.82 Å². The van der Waals surface area contributed by atoms with Crippen molar-refractivity contribution < 1.29 is 13.9 Å². The topological polar surface area (TPSA) is 32.8 Å². The number of carbonyl (C=O) groups excluding carboxylic acids is 1. The van der Waals surface area contributed by atoms with Gasteiger partial charge in [-0.15, -0.1) is 0 Å². The number of ether oxygens (including phenoxy) is 1. The van der Waals surface area contributed by atoms with Gasteiger partial charge in [-0.25, -0.2) is 9.18 Å². The van der Waals surface area contributed by atoms with Crippen LogP contribution in [-0.4, -0.2) is 37.9 Å². The van der Waals surface area contributed by atoms with E-state index in [0.29, 0.717) is 0 Å². The molecule has 0 spiro atoms.